The Balaban J connectivity index is 2.38. The molecule has 0 saturated carbocycles. The molecule has 0 aromatic carbocycles. The van der Waals surface area contributed by atoms with Crippen molar-refractivity contribution < 1.29 is 9.66 Å². The van der Waals surface area contributed by atoms with Gasteiger partial charge < -0.3 is 4.74 Å². The summed E-state index contributed by atoms with van der Waals surface area (Å²) in [5, 5.41) is 10.3. The Labute approximate surface area is 65.7 Å². The standard InChI is InChI=1S/C7H13NO3/c1-6(8(9)10)7-3-2-4-11-5-7/h6-7H,2-5H2,1H3. The average Bonchev–Trinajstić information content (AvgIpc) is 2.05. The molecule has 1 fully saturated rings. The van der Waals surface area contributed by atoms with Gasteiger partial charge in [0.1, 0.15) is 0 Å². The quantitative estimate of drug-likeness (QED) is 0.447. The highest BCUT2D eigenvalue weighted by Crippen LogP contribution is 2.18. The van der Waals surface area contributed by atoms with Gasteiger partial charge in [0.05, 0.1) is 6.61 Å². The fraction of sp³-hybridized carbons (Fsp3) is 1.00. The summed E-state index contributed by atoms with van der Waals surface area (Å²) < 4.78 is 5.15. The zero-order valence-corrected chi connectivity index (χ0v) is 6.66. The molecule has 1 heterocycles. The minimum Gasteiger partial charge on any atom is -0.381 e. The fourth-order valence-corrected chi connectivity index (χ4v) is 1.32. The van der Waals surface area contributed by atoms with Crippen molar-refractivity contribution in [3.63, 3.8) is 0 Å². The molecule has 1 aliphatic heterocycles. The zero-order valence-electron chi connectivity index (χ0n) is 6.66. The lowest BCUT2D eigenvalue weighted by Gasteiger charge is -2.22. The van der Waals surface area contributed by atoms with Crippen molar-refractivity contribution in [3.8, 4) is 0 Å². The molecule has 0 aromatic rings. The summed E-state index contributed by atoms with van der Waals surface area (Å²) in [6.45, 7) is 2.97. The highest BCUT2D eigenvalue weighted by Gasteiger charge is 2.28. The number of hydrogen-bond donors (Lipinski definition) is 0. The predicted octanol–water partition coefficient (Wildman–Crippen LogP) is 1.08. The fourth-order valence-electron chi connectivity index (χ4n) is 1.32. The maximum Gasteiger partial charge on any atom is 0.215 e. The van der Waals surface area contributed by atoms with Crippen molar-refractivity contribution in [1.29, 1.82) is 0 Å². The number of nitro groups is 1. The van der Waals surface area contributed by atoms with E-state index in [1.54, 1.807) is 6.92 Å². The van der Waals surface area contributed by atoms with Crippen LogP contribution in [0.15, 0.2) is 0 Å². The molecule has 0 bridgehead atoms. The van der Waals surface area contributed by atoms with Crippen LogP contribution >= 0.6 is 0 Å². The molecule has 2 atom stereocenters. The number of hydrogen-bond acceptors (Lipinski definition) is 3. The van der Waals surface area contributed by atoms with E-state index in [0.29, 0.717) is 6.61 Å². The Morgan fingerprint density at radius 3 is 2.91 bits per heavy atom. The smallest absolute Gasteiger partial charge is 0.215 e. The topological polar surface area (TPSA) is 52.4 Å². The lowest BCUT2D eigenvalue weighted by atomic mass is 9.96. The zero-order chi connectivity index (χ0) is 8.27. The van der Waals surface area contributed by atoms with Crippen LogP contribution in [0.4, 0.5) is 0 Å². The normalized spacial score (nSPS) is 27.9. The monoisotopic (exact) mass is 159 g/mol. The molecule has 0 amide bonds. The van der Waals surface area contributed by atoms with Gasteiger partial charge in [0, 0.05) is 24.4 Å². The van der Waals surface area contributed by atoms with Gasteiger partial charge in [-0.1, -0.05) is 0 Å². The molecule has 1 saturated heterocycles. The Morgan fingerprint density at radius 1 is 1.73 bits per heavy atom. The number of nitrogens with zero attached hydrogens (tertiary/aromatic N) is 1. The first-order chi connectivity index (χ1) is 5.22. The van der Waals surface area contributed by atoms with Crippen LogP contribution in [0.5, 0.6) is 0 Å². The summed E-state index contributed by atoms with van der Waals surface area (Å²) in [7, 11) is 0. The van der Waals surface area contributed by atoms with E-state index in [0.717, 1.165) is 19.4 Å². The minimum absolute atomic E-state index is 0.124. The first kappa shape index (κ1) is 8.46. The van der Waals surface area contributed by atoms with Gasteiger partial charge in [0.2, 0.25) is 6.04 Å². The lowest BCUT2D eigenvalue weighted by molar-refractivity contribution is -0.529. The van der Waals surface area contributed by atoms with Gasteiger partial charge in [0.25, 0.3) is 0 Å². The van der Waals surface area contributed by atoms with Gasteiger partial charge in [-0.15, -0.1) is 0 Å². The molecule has 4 heteroatoms. The second-order valence-corrected chi connectivity index (χ2v) is 3.00. The summed E-state index contributed by atoms with van der Waals surface area (Å²) in [6.07, 6.45) is 1.89. The van der Waals surface area contributed by atoms with E-state index in [4.69, 9.17) is 4.74 Å². The van der Waals surface area contributed by atoms with Crippen molar-refractivity contribution in [2.45, 2.75) is 25.8 Å². The highest BCUT2D eigenvalue weighted by molar-refractivity contribution is 4.68. The van der Waals surface area contributed by atoms with Crippen molar-refractivity contribution in [3.05, 3.63) is 10.1 Å². The Hall–Kier alpha value is -0.640. The predicted molar refractivity (Wildman–Crippen MR) is 40.0 cm³/mol. The first-order valence-electron chi connectivity index (χ1n) is 3.93. The second-order valence-electron chi connectivity index (χ2n) is 3.00. The van der Waals surface area contributed by atoms with Gasteiger partial charge in [-0.05, 0) is 12.8 Å². The summed E-state index contributed by atoms with van der Waals surface area (Å²) in [6, 6.07) is -0.449. The molecular formula is C7H13NO3. The molecule has 0 aromatic heterocycles. The Morgan fingerprint density at radius 2 is 2.45 bits per heavy atom. The molecule has 64 valence electrons. The van der Waals surface area contributed by atoms with E-state index in [9.17, 15) is 10.1 Å². The van der Waals surface area contributed by atoms with Crippen LogP contribution in [0.1, 0.15) is 19.8 Å². The summed E-state index contributed by atoms with van der Waals surface area (Å²) >= 11 is 0. The summed E-state index contributed by atoms with van der Waals surface area (Å²) in [5.41, 5.74) is 0. The molecule has 0 N–H and O–H groups in total. The van der Waals surface area contributed by atoms with Crippen LogP contribution in [-0.2, 0) is 4.74 Å². The largest absolute Gasteiger partial charge is 0.381 e. The van der Waals surface area contributed by atoms with E-state index < -0.39 is 6.04 Å². The van der Waals surface area contributed by atoms with Crippen LogP contribution in [0.3, 0.4) is 0 Å². The van der Waals surface area contributed by atoms with Gasteiger partial charge in [-0.3, -0.25) is 10.1 Å². The van der Waals surface area contributed by atoms with Gasteiger partial charge in [-0.2, -0.15) is 0 Å². The number of rotatable bonds is 2. The van der Waals surface area contributed by atoms with Crippen LogP contribution in [-0.4, -0.2) is 24.2 Å². The maximum absolute atomic E-state index is 10.3. The summed E-state index contributed by atoms with van der Waals surface area (Å²) in [4.78, 5) is 10.1. The molecule has 2 unspecified atom stereocenters. The molecule has 1 rings (SSSR count). The van der Waals surface area contributed by atoms with E-state index in [-0.39, 0.29) is 10.8 Å². The molecule has 1 aliphatic rings. The Kier molecular flexibility index (Phi) is 2.82. The van der Waals surface area contributed by atoms with Crippen LogP contribution in [0, 0.1) is 16.0 Å². The van der Waals surface area contributed by atoms with Crippen LogP contribution in [0.2, 0.25) is 0 Å². The van der Waals surface area contributed by atoms with E-state index in [1.165, 1.54) is 0 Å². The van der Waals surface area contributed by atoms with Crippen molar-refractivity contribution >= 4 is 0 Å². The molecule has 0 spiro atoms. The SMILES string of the molecule is CC(C1CCCOC1)[N+](=O)[O-]. The van der Waals surface area contributed by atoms with Crippen molar-refractivity contribution in [2.75, 3.05) is 13.2 Å². The third kappa shape index (κ3) is 2.15. The van der Waals surface area contributed by atoms with Gasteiger partial charge in [-0.25, -0.2) is 0 Å². The molecule has 0 radical (unpaired) electrons. The first-order valence-corrected chi connectivity index (χ1v) is 3.93. The molecule has 4 nitrogen and oxygen atoms in total. The molecule has 0 aliphatic carbocycles. The van der Waals surface area contributed by atoms with Crippen LogP contribution < -0.4 is 0 Å². The van der Waals surface area contributed by atoms with Gasteiger partial charge in [0.15, 0.2) is 0 Å². The van der Waals surface area contributed by atoms with E-state index in [2.05, 4.69) is 0 Å². The minimum atomic E-state index is -0.449. The van der Waals surface area contributed by atoms with Gasteiger partial charge >= 0.3 is 0 Å². The average molecular weight is 159 g/mol. The van der Waals surface area contributed by atoms with E-state index >= 15 is 0 Å². The molecular weight excluding hydrogens is 146 g/mol. The maximum atomic E-state index is 10.3. The third-order valence-electron chi connectivity index (χ3n) is 2.21. The summed E-state index contributed by atoms with van der Waals surface area (Å²) in [5.74, 6) is 0.124. The Bertz CT molecular complexity index is 143. The van der Waals surface area contributed by atoms with Crippen molar-refractivity contribution in [1.82, 2.24) is 0 Å². The van der Waals surface area contributed by atoms with E-state index in [1.807, 2.05) is 0 Å². The lowest BCUT2D eigenvalue weighted by Crippen LogP contribution is -2.32. The highest BCUT2D eigenvalue weighted by atomic mass is 16.6. The van der Waals surface area contributed by atoms with Crippen molar-refractivity contribution in [2.24, 2.45) is 5.92 Å². The van der Waals surface area contributed by atoms with Crippen LogP contribution in [0.25, 0.3) is 0 Å². The third-order valence-corrected chi connectivity index (χ3v) is 2.21. The molecule has 11 heavy (non-hydrogen) atoms. The number of ether oxygens (including phenoxy) is 1. The second kappa shape index (κ2) is 3.67.